The number of carbonyl (C=O) groups is 2. The topological polar surface area (TPSA) is 57.6 Å². The number of aliphatic carboxylic acids is 1. The van der Waals surface area contributed by atoms with Crippen molar-refractivity contribution in [3.63, 3.8) is 0 Å². The summed E-state index contributed by atoms with van der Waals surface area (Å²) in [5.41, 5.74) is 1.89. The fourth-order valence-corrected chi connectivity index (χ4v) is 2.52. The van der Waals surface area contributed by atoms with Gasteiger partial charge in [-0.25, -0.2) is 4.39 Å². The van der Waals surface area contributed by atoms with Gasteiger partial charge in [-0.05, 0) is 42.7 Å². The van der Waals surface area contributed by atoms with Crippen molar-refractivity contribution in [3.05, 3.63) is 71.0 Å². The zero-order valence-electron chi connectivity index (χ0n) is 13.5. The number of carboxylic acids is 1. The van der Waals surface area contributed by atoms with Crippen LogP contribution in [0, 0.1) is 12.7 Å². The van der Waals surface area contributed by atoms with Crippen molar-refractivity contribution in [1.29, 1.82) is 0 Å². The Morgan fingerprint density at radius 1 is 1.12 bits per heavy atom. The lowest BCUT2D eigenvalue weighted by Crippen LogP contribution is -2.32. The fraction of sp³-hybridized carbons (Fsp3) is 0.263. The van der Waals surface area contributed by atoms with E-state index in [1.807, 2.05) is 30.3 Å². The van der Waals surface area contributed by atoms with E-state index >= 15 is 0 Å². The standard InChI is InChI=1S/C19H20FNO3/c1-14-10-16(12-17(20)11-14)19(24)21(9-5-8-18(22)23)13-15-6-3-2-4-7-15/h2-4,6-7,10-12H,5,8-9,13H2,1H3,(H,22,23). The van der Waals surface area contributed by atoms with E-state index in [0.717, 1.165) is 5.56 Å². The molecule has 0 aliphatic rings. The van der Waals surface area contributed by atoms with Crippen molar-refractivity contribution in [2.75, 3.05) is 6.54 Å². The van der Waals surface area contributed by atoms with Gasteiger partial charge >= 0.3 is 5.97 Å². The molecule has 1 N–H and O–H groups in total. The van der Waals surface area contributed by atoms with Gasteiger partial charge in [-0.3, -0.25) is 9.59 Å². The van der Waals surface area contributed by atoms with E-state index in [1.165, 1.54) is 12.1 Å². The number of rotatable bonds is 7. The minimum Gasteiger partial charge on any atom is -0.481 e. The molecule has 0 aliphatic carbocycles. The summed E-state index contributed by atoms with van der Waals surface area (Å²) in [7, 11) is 0. The van der Waals surface area contributed by atoms with Crippen molar-refractivity contribution < 1.29 is 19.1 Å². The normalized spacial score (nSPS) is 10.4. The number of hydrogen-bond acceptors (Lipinski definition) is 2. The average molecular weight is 329 g/mol. The summed E-state index contributed by atoms with van der Waals surface area (Å²) in [5.74, 6) is -1.65. The Labute approximate surface area is 140 Å². The van der Waals surface area contributed by atoms with E-state index < -0.39 is 11.8 Å². The highest BCUT2D eigenvalue weighted by Gasteiger charge is 2.17. The maximum Gasteiger partial charge on any atom is 0.303 e. The Bertz CT molecular complexity index is 696. The van der Waals surface area contributed by atoms with Crippen LogP contribution in [0.15, 0.2) is 48.5 Å². The third-order valence-electron chi connectivity index (χ3n) is 3.61. The van der Waals surface area contributed by atoms with Gasteiger partial charge in [0.25, 0.3) is 5.91 Å². The van der Waals surface area contributed by atoms with Crippen molar-refractivity contribution in [2.45, 2.75) is 26.3 Å². The number of hydrogen-bond donors (Lipinski definition) is 1. The summed E-state index contributed by atoms with van der Waals surface area (Å²) < 4.78 is 13.6. The summed E-state index contributed by atoms with van der Waals surface area (Å²) in [5, 5.41) is 8.79. The molecule has 0 unspecified atom stereocenters. The van der Waals surface area contributed by atoms with E-state index in [4.69, 9.17) is 5.11 Å². The first-order chi connectivity index (χ1) is 11.5. The highest BCUT2D eigenvalue weighted by atomic mass is 19.1. The molecule has 0 aliphatic heterocycles. The van der Waals surface area contributed by atoms with Gasteiger partial charge in [0.05, 0.1) is 0 Å². The first kappa shape index (κ1) is 17.7. The highest BCUT2D eigenvalue weighted by molar-refractivity contribution is 5.94. The van der Waals surface area contributed by atoms with Gasteiger partial charge in [0.2, 0.25) is 0 Å². The summed E-state index contributed by atoms with van der Waals surface area (Å²) in [4.78, 5) is 25.0. The second kappa shape index (κ2) is 8.24. The molecule has 0 saturated heterocycles. The molecule has 0 atom stereocenters. The second-order valence-electron chi connectivity index (χ2n) is 5.73. The SMILES string of the molecule is Cc1cc(F)cc(C(=O)N(CCCC(=O)O)Cc2ccccc2)c1. The smallest absolute Gasteiger partial charge is 0.303 e. The minimum atomic E-state index is -0.899. The number of halogens is 1. The van der Waals surface area contributed by atoms with E-state index in [-0.39, 0.29) is 17.9 Å². The van der Waals surface area contributed by atoms with Crippen LogP contribution in [0.1, 0.15) is 34.3 Å². The number of carbonyl (C=O) groups excluding carboxylic acids is 1. The van der Waals surface area contributed by atoms with Crippen molar-refractivity contribution in [1.82, 2.24) is 4.90 Å². The third kappa shape index (κ3) is 5.19. The Balaban J connectivity index is 2.19. The number of carboxylic acid groups (broad SMARTS) is 1. The molecule has 4 nitrogen and oxygen atoms in total. The molecule has 1 amide bonds. The monoisotopic (exact) mass is 329 g/mol. The maximum atomic E-state index is 13.6. The lowest BCUT2D eigenvalue weighted by molar-refractivity contribution is -0.137. The zero-order valence-corrected chi connectivity index (χ0v) is 13.5. The Morgan fingerprint density at radius 2 is 1.83 bits per heavy atom. The second-order valence-corrected chi connectivity index (χ2v) is 5.73. The molecule has 0 heterocycles. The van der Waals surface area contributed by atoms with Gasteiger partial charge in [0, 0.05) is 25.1 Å². The van der Waals surface area contributed by atoms with Crippen LogP contribution in [0.5, 0.6) is 0 Å². The predicted molar refractivity (Wildman–Crippen MR) is 89.2 cm³/mol. The molecule has 0 fully saturated rings. The molecular weight excluding hydrogens is 309 g/mol. The van der Waals surface area contributed by atoms with E-state index in [2.05, 4.69) is 0 Å². The van der Waals surface area contributed by atoms with Crippen molar-refractivity contribution in [2.24, 2.45) is 0 Å². The van der Waals surface area contributed by atoms with Crippen LogP contribution in [0.3, 0.4) is 0 Å². The van der Waals surface area contributed by atoms with Gasteiger partial charge < -0.3 is 10.0 Å². The largest absolute Gasteiger partial charge is 0.481 e. The minimum absolute atomic E-state index is 0.0131. The summed E-state index contributed by atoms with van der Waals surface area (Å²) in [6.07, 6.45) is 0.336. The maximum absolute atomic E-state index is 13.6. The van der Waals surface area contributed by atoms with Gasteiger partial charge in [-0.2, -0.15) is 0 Å². The fourth-order valence-electron chi connectivity index (χ4n) is 2.52. The molecule has 2 rings (SSSR count). The Morgan fingerprint density at radius 3 is 2.46 bits per heavy atom. The predicted octanol–water partition coefficient (Wildman–Crippen LogP) is 3.64. The lowest BCUT2D eigenvalue weighted by Gasteiger charge is -2.23. The highest BCUT2D eigenvalue weighted by Crippen LogP contribution is 2.14. The molecule has 0 radical (unpaired) electrons. The van der Waals surface area contributed by atoms with Gasteiger partial charge in [-0.15, -0.1) is 0 Å². The average Bonchev–Trinajstić information content (AvgIpc) is 2.53. The van der Waals surface area contributed by atoms with Crippen LogP contribution in [-0.2, 0) is 11.3 Å². The summed E-state index contributed by atoms with van der Waals surface area (Å²) >= 11 is 0. The first-order valence-corrected chi connectivity index (χ1v) is 7.78. The van der Waals surface area contributed by atoms with Gasteiger partial charge in [0.1, 0.15) is 5.82 Å². The molecule has 0 saturated carbocycles. The molecule has 2 aromatic rings. The van der Waals surface area contributed by atoms with E-state index in [1.54, 1.807) is 17.9 Å². The van der Waals surface area contributed by atoms with Gasteiger partial charge in [-0.1, -0.05) is 30.3 Å². The van der Waals surface area contributed by atoms with Crippen molar-refractivity contribution in [3.8, 4) is 0 Å². The number of aryl methyl sites for hydroxylation is 1. The molecule has 0 spiro atoms. The van der Waals surface area contributed by atoms with E-state index in [9.17, 15) is 14.0 Å². The lowest BCUT2D eigenvalue weighted by atomic mass is 10.1. The van der Waals surface area contributed by atoms with Crippen LogP contribution >= 0.6 is 0 Å². The van der Waals surface area contributed by atoms with Crippen LogP contribution < -0.4 is 0 Å². The number of nitrogens with zero attached hydrogens (tertiary/aromatic N) is 1. The molecule has 0 aromatic heterocycles. The quantitative estimate of drug-likeness (QED) is 0.844. The van der Waals surface area contributed by atoms with Crippen LogP contribution in [-0.4, -0.2) is 28.4 Å². The molecule has 5 heteroatoms. The first-order valence-electron chi connectivity index (χ1n) is 7.78. The van der Waals surface area contributed by atoms with E-state index in [0.29, 0.717) is 25.1 Å². The molecule has 126 valence electrons. The van der Waals surface area contributed by atoms with Crippen LogP contribution in [0.4, 0.5) is 4.39 Å². The Hall–Kier alpha value is -2.69. The third-order valence-corrected chi connectivity index (χ3v) is 3.61. The number of benzene rings is 2. The summed E-state index contributed by atoms with van der Waals surface area (Å²) in [6, 6.07) is 13.6. The van der Waals surface area contributed by atoms with Crippen LogP contribution in [0.25, 0.3) is 0 Å². The Kier molecular flexibility index (Phi) is 6.07. The summed E-state index contributed by atoms with van der Waals surface area (Å²) in [6.45, 7) is 2.39. The van der Waals surface area contributed by atoms with Crippen LogP contribution in [0.2, 0.25) is 0 Å². The molecule has 2 aromatic carbocycles. The van der Waals surface area contributed by atoms with Crippen molar-refractivity contribution >= 4 is 11.9 Å². The van der Waals surface area contributed by atoms with Gasteiger partial charge in [0.15, 0.2) is 0 Å². The molecule has 24 heavy (non-hydrogen) atoms. The molecule has 0 bridgehead atoms. The zero-order chi connectivity index (χ0) is 17.5. The molecular formula is C19H20FNO3. The number of amides is 1.